The van der Waals surface area contributed by atoms with E-state index in [1.807, 2.05) is 24.3 Å². The molecule has 0 aliphatic heterocycles. The number of carbonyl (C=O) groups excluding carboxylic acids is 1. The molecule has 0 spiro atoms. The molecule has 5 heteroatoms. The van der Waals surface area contributed by atoms with Gasteiger partial charge >= 0.3 is 0 Å². The lowest BCUT2D eigenvalue weighted by molar-refractivity contribution is -0.123. The van der Waals surface area contributed by atoms with Gasteiger partial charge in [0.25, 0.3) is 0 Å². The summed E-state index contributed by atoms with van der Waals surface area (Å²) in [5.74, 6) is 0.932. The van der Waals surface area contributed by atoms with Crippen molar-refractivity contribution in [2.45, 2.75) is 24.7 Å². The van der Waals surface area contributed by atoms with Crippen LogP contribution in [0, 0.1) is 0 Å². The SMILES string of the molecule is COc1ccc(C2(C(=O)NCCc3cnc[nH]3)CC2)cc1. The number of aromatic nitrogens is 2. The van der Waals surface area contributed by atoms with E-state index in [4.69, 9.17) is 4.74 Å². The molecule has 1 fully saturated rings. The third-order valence-corrected chi connectivity index (χ3v) is 4.06. The highest BCUT2D eigenvalue weighted by atomic mass is 16.5. The molecule has 1 heterocycles. The van der Waals surface area contributed by atoms with Gasteiger partial charge in [-0.25, -0.2) is 4.98 Å². The Morgan fingerprint density at radius 3 is 2.71 bits per heavy atom. The highest BCUT2D eigenvalue weighted by Crippen LogP contribution is 2.48. The van der Waals surface area contributed by atoms with E-state index in [0.29, 0.717) is 6.54 Å². The van der Waals surface area contributed by atoms with Gasteiger partial charge in [0.1, 0.15) is 5.75 Å². The molecule has 0 atom stereocenters. The number of hydrogen-bond acceptors (Lipinski definition) is 3. The van der Waals surface area contributed by atoms with Crippen LogP contribution in [0.4, 0.5) is 0 Å². The number of ether oxygens (including phenoxy) is 1. The maximum absolute atomic E-state index is 12.4. The zero-order valence-corrected chi connectivity index (χ0v) is 12.1. The van der Waals surface area contributed by atoms with Crippen molar-refractivity contribution in [3.63, 3.8) is 0 Å². The smallest absolute Gasteiger partial charge is 0.230 e. The van der Waals surface area contributed by atoms with Crippen LogP contribution in [0.15, 0.2) is 36.8 Å². The Labute approximate surface area is 123 Å². The molecule has 2 aromatic rings. The fourth-order valence-electron chi connectivity index (χ4n) is 2.58. The Morgan fingerprint density at radius 1 is 1.38 bits per heavy atom. The van der Waals surface area contributed by atoms with Crippen LogP contribution in [-0.2, 0) is 16.6 Å². The van der Waals surface area contributed by atoms with Crippen LogP contribution in [0.5, 0.6) is 5.75 Å². The zero-order chi connectivity index (χ0) is 14.7. The normalized spacial score (nSPS) is 15.5. The lowest BCUT2D eigenvalue weighted by Gasteiger charge is -2.16. The molecular formula is C16H19N3O2. The monoisotopic (exact) mass is 285 g/mol. The van der Waals surface area contributed by atoms with Gasteiger partial charge in [-0.15, -0.1) is 0 Å². The van der Waals surface area contributed by atoms with Crippen molar-refractivity contribution in [2.75, 3.05) is 13.7 Å². The molecule has 1 saturated carbocycles. The van der Waals surface area contributed by atoms with Crippen LogP contribution in [-0.4, -0.2) is 29.5 Å². The molecule has 1 aromatic carbocycles. The average molecular weight is 285 g/mol. The minimum Gasteiger partial charge on any atom is -0.497 e. The number of nitrogens with zero attached hydrogens (tertiary/aromatic N) is 1. The summed E-state index contributed by atoms with van der Waals surface area (Å²) >= 11 is 0. The van der Waals surface area contributed by atoms with Gasteiger partial charge < -0.3 is 15.0 Å². The predicted octanol–water partition coefficient (Wildman–Crippen LogP) is 1.81. The number of aromatic amines is 1. The third-order valence-electron chi connectivity index (χ3n) is 4.06. The molecule has 0 bridgehead atoms. The molecule has 2 N–H and O–H groups in total. The van der Waals surface area contributed by atoms with Crippen molar-refractivity contribution >= 4 is 5.91 Å². The summed E-state index contributed by atoms with van der Waals surface area (Å²) in [4.78, 5) is 19.4. The summed E-state index contributed by atoms with van der Waals surface area (Å²) in [6, 6.07) is 7.79. The van der Waals surface area contributed by atoms with E-state index in [0.717, 1.165) is 36.3 Å². The summed E-state index contributed by atoms with van der Waals surface area (Å²) in [6.45, 7) is 0.624. The minimum atomic E-state index is -0.333. The van der Waals surface area contributed by atoms with E-state index >= 15 is 0 Å². The van der Waals surface area contributed by atoms with Crippen LogP contribution in [0.25, 0.3) is 0 Å². The number of carbonyl (C=O) groups is 1. The van der Waals surface area contributed by atoms with Crippen LogP contribution in [0.2, 0.25) is 0 Å². The van der Waals surface area contributed by atoms with Crippen molar-refractivity contribution < 1.29 is 9.53 Å². The molecule has 1 aliphatic rings. The van der Waals surface area contributed by atoms with Crippen molar-refractivity contribution in [3.05, 3.63) is 48.0 Å². The number of nitrogens with one attached hydrogen (secondary N) is 2. The van der Waals surface area contributed by atoms with Gasteiger partial charge in [-0.2, -0.15) is 0 Å². The predicted molar refractivity (Wildman–Crippen MR) is 79.2 cm³/mol. The molecule has 1 aromatic heterocycles. The van der Waals surface area contributed by atoms with E-state index in [1.165, 1.54) is 0 Å². The quantitative estimate of drug-likeness (QED) is 0.850. The number of rotatable bonds is 6. The van der Waals surface area contributed by atoms with E-state index in [1.54, 1.807) is 19.6 Å². The largest absolute Gasteiger partial charge is 0.497 e. The highest BCUT2D eigenvalue weighted by Gasteiger charge is 2.50. The number of benzene rings is 1. The van der Waals surface area contributed by atoms with E-state index in [2.05, 4.69) is 15.3 Å². The van der Waals surface area contributed by atoms with Crippen LogP contribution in [0.3, 0.4) is 0 Å². The highest BCUT2D eigenvalue weighted by molar-refractivity contribution is 5.91. The summed E-state index contributed by atoms with van der Waals surface area (Å²) in [6.07, 6.45) is 6.02. The first-order valence-electron chi connectivity index (χ1n) is 7.15. The molecule has 21 heavy (non-hydrogen) atoms. The summed E-state index contributed by atoms with van der Waals surface area (Å²) in [5, 5.41) is 3.03. The number of amides is 1. The number of methoxy groups -OCH3 is 1. The van der Waals surface area contributed by atoms with Crippen LogP contribution >= 0.6 is 0 Å². The molecular weight excluding hydrogens is 266 g/mol. The first-order valence-corrected chi connectivity index (χ1v) is 7.15. The van der Waals surface area contributed by atoms with Gasteiger partial charge in [-0.1, -0.05) is 12.1 Å². The van der Waals surface area contributed by atoms with Gasteiger partial charge in [0.05, 0.1) is 18.9 Å². The van der Waals surface area contributed by atoms with Gasteiger partial charge in [0.15, 0.2) is 0 Å². The maximum Gasteiger partial charge on any atom is 0.230 e. The van der Waals surface area contributed by atoms with Crippen LogP contribution < -0.4 is 10.1 Å². The first kappa shape index (κ1) is 13.7. The lowest BCUT2D eigenvalue weighted by atomic mass is 9.95. The maximum atomic E-state index is 12.4. The first-order chi connectivity index (χ1) is 10.2. The van der Waals surface area contributed by atoms with Gasteiger partial charge in [0, 0.05) is 24.9 Å². The van der Waals surface area contributed by atoms with Crippen molar-refractivity contribution in [3.8, 4) is 5.75 Å². The molecule has 0 unspecified atom stereocenters. The average Bonchev–Trinajstić information content (AvgIpc) is 3.18. The number of H-pyrrole nitrogens is 1. The molecule has 1 amide bonds. The van der Waals surface area contributed by atoms with Crippen molar-refractivity contribution in [2.24, 2.45) is 0 Å². The molecule has 5 nitrogen and oxygen atoms in total. The Balaban J connectivity index is 1.60. The second-order valence-corrected chi connectivity index (χ2v) is 5.39. The molecule has 0 radical (unpaired) electrons. The Morgan fingerprint density at radius 2 is 2.14 bits per heavy atom. The third kappa shape index (κ3) is 2.77. The lowest BCUT2D eigenvalue weighted by Crippen LogP contribution is -2.35. The molecule has 110 valence electrons. The summed E-state index contributed by atoms with van der Waals surface area (Å²) < 4.78 is 5.16. The van der Waals surface area contributed by atoms with Gasteiger partial charge in [0.2, 0.25) is 5.91 Å². The summed E-state index contributed by atoms with van der Waals surface area (Å²) in [5.41, 5.74) is 1.77. The molecule has 3 rings (SSSR count). The number of imidazole rings is 1. The van der Waals surface area contributed by atoms with Gasteiger partial charge in [-0.3, -0.25) is 4.79 Å². The van der Waals surface area contributed by atoms with E-state index in [-0.39, 0.29) is 11.3 Å². The molecule has 1 aliphatic carbocycles. The van der Waals surface area contributed by atoms with Gasteiger partial charge in [-0.05, 0) is 30.5 Å². The topological polar surface area (TPSA) is 67.0 Å². The minimum absolute atomic E-state index is 0.118. The fraction of sp³-hybridized carbons (Fsp3) is 0.375. The van der Waals surface area contributed by atoms with E-state index < -0.39 is 0 Å². The standard InChI is InChI=1S/C16H19N3O2/c1-21-14-4-2-12(3-5-14)16(7-8-16)15(20)18-9-6-13-10-17-11-19-13/h2-5,10-11H,6-9H2,1H3,(H,17,19)(H,18,20). The van der Waals surface area contributed by atoms with Crippen LogP contribution in [0.1, 0.15) is 24.1 Å². The Kier molecular flexibility index (Phi) is 3.64. The fourth-order valence-corrected chi connectivity index (χ4v) is 2.58. The second-order valence-electron chi connectivity index (χ2n) is 5.39. The van der Waals surface area contributed by atoms with Crippen molar-refractivity contribution in [1.29, 1.82) is 0 Å². The summed E-state index contributed by atoms with van der Waals surface area (Å²) in [7, 11) is 1.64. The van der Waals surface area contributed by atoms with E-state index in [9.17, 15) is 4.79 Å². The Hall–Kier alpha value is -2.30. The second kappa shape index (κ2) is 5.60. The Bertz CT molecular complexity index is 601. The number of hydrogen-bond donors (Lipinski definition) is 2. The zero-order valence-electron chi connectivity index (χ0n) is 12.1. The molecule has 0 saturated heterocycles. The van der Waals surface area contributed by atoms with Crippen molar-refractivity contribution in [1.82, 2.24) is 15.3 Å².